The Morgan fingerprint density at radius 3 is 2.57 bits per heavy atom. The average molecular weight is 466 g/mol. The molecule has 9 nitrogen and oxygen atoms in total. The zero-order chi connectivity index (χ0) is 24.2. The summed E-state index contributed by atoms with van der Waals surface area (Å²) in [4.78, 5) is 24.2. The van der Waals surface area contributed by atoms with E-state index in [0.29, 0.717) is 30.2 Å². The van der Waals surface area contributed by atoms with Crippen LogP contribution < -0.4 is 10.9 Å². The summed E-state index contributed by atoms with van der Waals surface area (Å²) in [6, 6.07) is 21.2. The molecular formula is C26H23N7O2. The number of rotatable bonds is 7. The highest BCUT2D eigenvalue weighted by atomic mass is 16.1. The first kappa shape index (κ1) is 22.0. The van der Waals surface area contributed by atoms with E-state index in [1.54, 1.807) is 19.2 Å². The first-order valence-corrected chi connectivity index (χ1v) is 11.1. The molecule has 0 atom stereocenters. The van der Waals surface area contributed by atoms with E-state index < -0.39 is 0 Å². The fourth-order valence-electron chi connectivity index (χ4n) is 3.92. The number of amides is 1. The van der Waals surface area contributed by atoms with Crippen LogP contribution in [-0.4, -0.2) is 35.7 Å². The Labute approximate surface area is 201 Å². The zero-order valence-electron chi connectivity index (χ0n) is 19.0. The van der Waals surface area contributed by atoms with Gasteiger partial charge in [-0.3, -0.25) is 14.3 Å². The molecule has 1 amide bonds. The second-order valence-corrected chi connectivity index (χ2v) is 8.08. The molecule has 2 aromatic carbocycles. The molecule has 0 bridgehead atoms. The highest BCUT2D eigenvalue weighted by Gasteiger charge is 2.16. The Bertz CT molecular complexity index is 1500. The van der Waals surface area contributed by atoms with Crippen LogP contribution in [0.25, 0.3) is 16.9 Å². The van der Waals surface area contributed by atoms with Crippen molar-refractivity contribution in [2.24, 2.45) is 0 Å². The van der Waals surface area contributed by atoms with Crippen LogP contribution in [-0.2, 0) is 13.1 Å². The topological polar surface area (TPSA) is 110 Å². The lowest BCUT2D eigenvalue weighted by atomic mass is 9.98. The number of hydrogen-bond acceptors (Lipinski definition) is 5. The summed E-state index contributed by atoms with van der Waals surface area (Å²) in [5.41, 5.74) is 5.07. The quantitative estimate of drug-likeness (QED) is 0.384. The van der Waals surface area contributed by atoms with Crippen LogP contribution in [0.3, 0.4) is 0 Å². The summed E-state index contributed by atoms with van der Waals surface area (Å²) < 4.78 is 3.40. The molecule has 3 aromatic heterocycles. The fraction of sp³-hybridized carbons (Fsp3) is 0.115. The molecule has 0 aliphatic rings. The summed E-state index contributed by atoms with van der Waals surface area (Å²) in [5, 5.41) is 17.9. The Kier molecular flexibility index (Phi) is 6.04. The molecular weight excluding hydrogens is 442 g/mol. The van der Waals surface area contributed by atoms with E-state index in [9.17, 15) is 9.59 Å². The molecule has 35 heavy (non-hydrogen) atoms. The molecule has 0 saturated heterocycles. The highest BCUT2D eigenvalue weighted by molar-refractivity contribution is 5.95. The minimum Gasteiger partial charge on any atom is -0.348 e. The molecule has 0 saturated carbocycles. The van der Waals surface area contributed by atoms with E-state index in [2.05, 4.69) is 56.0 Å². The number of aromatic amines is 1. The van der Waals surface area contributed by atoms with Gasteiger partial charge in [-0.1, -0.05) is 48.5 Å². The minimum absolute atomic E-state index is 0.234. The van der Waals surface area contributed by atoms with Crippen LogP contribution in [0, 0.1) is 6.92 Å². The predicted octanol–water partition coefficient (Wildman–Crippen LogP) is 3.11. The van der Waals surface area contributed by atoms with Gasteiger partial charge < -0.3 is 5.32 Å². The third-order valence-corrected chi connectivity index (χ3v) is 5.76. The SMILES string of the molecule is Cc1c(C(=O)NCc2ccccc2-c2ccc(Cn3cccn3)cc2)cnn1-c1ccc(=O)[nH]n1. The second kappa shape index (κ2) is 9.60. The molecule has 0 aliphatic heterocycles. The average Bonchev–Trinajstić information content (AvgIpc) is 3.53. The van der Waals surface area contributed by atoms with Gasteiger partial charge in [-0.2, -0.15) is 15.3 Å². The third kappa shape index (κ3) is 4.79. The van der Waals surface area contributed by atoms with Crippen LogP contribution >= 0.6 is 0 Å². The molecule has 0 unspecified atom stereocenters. The van der Waals surface area contributed by atoms with Crippen LogP contribution in [0.15, 0.2) is 90.1 Å². The summed E-state index contributed by atoms with van der Waals surface area (Å²) in [7, 11) is 0. The lowest BCUT2D eigenvalue weighted by molar-refractivity contribution is 0.0950. The van der Waals surface area contributed by atoms with Gasteiger partial charge in [0.1, 0.15) is 0 Å². The van der Waals surface area contributed by atoms with Gasteiger partial charge in [0, 0.05) is 25.0 Å². The first-order chi connectivity index (χ1) is 17.1. The molecule has 5 aromatic rings. The van der Waals surface area contributed by atoms with Gasteiger partial charge in [0.25, 0.3) is 11.5 Å². The maximum absolute atomic E-state index is 12.9. The van der Waals surface area contributed by atoms with Gasteiger partial charge in [0.2, 0.25) is 0 Å². The van der Waals surface area contributed by atoms with E-state index in [1.165, 1.54) is 16.9 Å². The summed E-state index contributed by atoms with van der Waals surface area (Å²) in [6.45, 7) is 2.87. The molecule has 9 heteroatoms. The van der Waals surface area contributed by atoms with Crippen molar-refractivity contribution in [3.63, 3.8) is 0 Å². The van der Waals surface area contributed by atoms with Crippen molar-refractivity contribution in [3.8, 4) is 16.9 Å². The number of hydrogen-bond donors (Lipinski definition) is 2. The van der Waals surface area contributed by atoms with Crippen LogP contribution in [0.5, 0.6) is 0 Å². The number of carbonyl (C=O) groups is 1. The maximum Gasteiger partial charge on any atom is 0.264 e. The standard InChI is InChI=1S/C26H23N7O2/c1-18-23(16-29-33(18)24-11-12-25(34)31-30-24)26(35)27-15-21-5-2-3-6-22(21)20-9-7-19(8-10-20)17-32-14-4-13-28-32/h2-14,16H,15,17H2,1H3,(H,27,35)(H,31,34). The number of H-pyrrole nitrogens is 1. The summed E-state index contributed by atoms with van der Waals surface area (Å²) in [5.74, 6) is 0.199. The Morgan fingerprint density at radius 1 is 1.00 bits per heavy atom. The summed E-state index contributed by atoms with van der Waals surface area (Å²) >= 11 is 0. The molecule has 2 N–H and O–H groups in total. The van der Waals surface area contributed by atoms with Crippen molar-refractivity contribution >= 4 is 5.91 Å². The minimum atomic E-state index is -0.303. The van der Waals surface area contributed by atoms with Crippen molar-refractivity contribution in [2.45, 2.75) is 20.0 Å². The van der Waals surface area contributed by atoms with Crippen molar-refractivity contribution in [1.29, 1.82) is 0 Å². The van der Waals surface area contributed by atoms with Crippen molar-refractivity contribution in [3.05, 3.63) is 118 Å². The predicted molar refractivity (Wildman–Crippen MR) is 131 cm³/mol. The number of nitrogens with zero attached hydrogens (tertiary/aromatic N) is 5. The Balaban J connectivity index is 1.30. The number of nitrogens with one attached hydrogen (secondary N) is 2. The van der Waals surface area contributed by atoms with Gasteiger partial charge in [0.05, 0.1) is 24.0 Å². The zero-order valence-corrected chi connectivity index (χ0v) is 19.0. The van der Waals surface area contributed by atoms with Crippen molar-refractivity contribution in [2.75, 3.05) is 0 Å². The van der Waals surface area contributed by atoms with E-state index in [4.69, 9.17) is 0 Å². The Morgan fingerprint density at radius 2 is 1.83 bits per heavy atom. The van der Waals surface area contributed by atoms with E-state index in [1.807, 2.05) is 35.1 Å². The fourth-order valence-corrected chi connectivity index (χ4v) is 3.92. The Hall–Kier alpha value is -4.79. The number of benzene rings is 2. The van der Waals surface area contributed by atoms with Gasteiger partial charge in [-0.05, 0) is 41.3 Å². The van der Waals surface area contributed by atoms with E-state index in [-0.39, 0.29) is 11.5 Å². The van der Waals surface area contributed by atoms with Crippen LogP contribution in [0.1, 0.15) is 27.2 Å². The van der Waals surface area contributed by atoms with Gasteiger partial charge in [-0.25, -0.2) is 9.78 Å². The lowest BCUT2D eigenvalue weighted by Crippen LogP contribution is -2.23. The smallest absolute Gasteiger partial charge is 0.264 e. The number of carbonyl (C=O) groups excluding carboxylic acids is 1. The molecule has 0 radical (unpaired) electrons. The summed E-state index contributed by atoms with van der Waals surface area (Å²) in [6.07, 6.45) is 5.21. The van der Waals surface area contributed by atoms with Crippen molar-refractivity contribution < 1.29 is 4.79 Å². The largest absolute Gasteiger partial charge is 0.348 e. The van der Waals surface area contributed by atoms with Crippen LogP contribution in [0.2, 0.25) is 0 Å². The lowest BCUT2D eigenvalue weighted by Gasteiger charge is -2.12. The van der Waals surface area contributed by atoms with E-state index >= 15 is 0 Å². The third-order valence-electron chi connectivity index (χ3n) is 5.76. The normalized spacial score (nSPS) is 10.9. The number of aromatic nitrogens is 6. The molecule has 174 valence electrons. The molecule has 0 fully saturated rings. The molecule has 0 spiro atoms. The molecule has 5 rings (SSSR count). The van der Waals surface area contributed by atoms with Crippen LogP contribution in [0.4, 0.5) is 0 Å². The molecule has 0 aliphatic carbocycles. The highest BCUT2D eigenvalue weighted by Crippen LogP contribution is 2.24. The first-order valence-electron chi connectivity index (χ1n) is 11.1. The van der Waals surface area contributed by atoms with Gasteiger partial charge in [0.15, 0.2) is 5.82 Å². The van der Waals surface area contributed by atoms with Gasteiger partial charge in [-0.15, -0.1) is 0 Å². The maximum atomic E-state index is 12.9. The molecule has 3 heterocycles. The monoisotopic (exact) mass is 465 g/mol. The second-order valence-electron chi connectivity index (χ2n) is 8.08. The van der Waals surface area contributed by atoms with Gasteiger partial charge >= 0.3 is 0 Å². The van der Waals surface area contributed by atoms with Crippen molar-refractivity contribution in [1.82, 2.24) is 35.1 Å². The van der Waals surface area contributed by atoms with E-state index in [0.717, 1.165) is 22.3 Å².